The molecule has 60 valence electrons. The Labute approximate surface area is 66.8 Å². The molecule has 2 aromatic rings. The number of nitrogens with one attached hydrogen (secondary N) is 1. The van der Waals surface area contributed by atoms with Crippen molar-refractivity contribution in [3.8, 4) is 0 Å². The van der Waals surface area contributed by atoms with Crippen LogP contribution in [-0.2, 0) is 0 Å². The van der Waals surface area contributed by atoms with Gasteiger partial charge < -0.3 is 10.7 Å². The van der Waals surface area contributed by atoms with Gasteiger partial charge in [0.05, 0.1) is 11.7 Å². The van der Waals surface area contributed by atoms with Crippen molar-refractivity contribution < 1.29 is 4.79 Å². The highest BCUT2D eigenvalue weighted by atomic mass is 16.1. The van der Waals surface area contributed by atoms with Gasteiger partial charge in [-0.3, -0.25) is 4.79 Å². The number of hydrogen-bond donors (Lipinski definition) is 2. The van der Waals surface area contributed by atoms with E-state index in [4.69, 9.17) is 5.73 Å². The first-order valence-corrected chi connectivity index (χ1v) is 3.24. The minimum Gasteiger partial charge on any atom is -0.364 e. The zero-order chi connectivity index (χ0) is 8.55. The maximum atomic E-state index is 10.7. The van der Waals surface area contributed by atoms with Crippen molar-refractivity contribution in [2.24, 2.45) is 5.73 Å². The predicted octanol–water partition coefficient (Wildman–Crippen LogP) is -0.548. The molecular weight excluding hydrogens is 158 g/mol. The Morgan fingerprint density at radius 3 is 3.08 bits per heavy atom. The van der Waals surface area contributed by atoms with Gasteiger partial charge in [0, 0.05) is 0 Å². The van der Waals surface area contributed by atoms with Gasteiger partial charge in [-0.05, 0) is 11.3 Å². The standard InChI is InChI=1S/C6H5N5O/c7-6(12)4-1-3-5(9-4)2-8-11-10-3/h1-2,9H,(H2,7,12). The summed E-state index contributed by atoms with van der Waals surface area (Å²) in [7, 11) is 0. The maximum absolute atomic E-state index is 10.7. The summed E-state index contributed by atoms with van der Waals surface area (Å²) in [6, 6.07) is 1.53. The van der Waals surface area contributed by atoms with Crippen LogP contribution in [-0.4, -0.2) is 26.3 Å². The molecule has 0 aliphatic heterocycles. The lowest BCUT2D eigenvalue weighted by molar-refractivity contribution is 0.0996. The monoisotopic (exact) mass is 163 g/mol. The normalized spacial score (nSPS) is 10.3. The van der Waals surface area contributed by atoms with Gasteiger partial charge in [0.2, 0.25) is 0 Å². The fourth-order valence-electron chi connectivity index (χ4n) is 0.931. The molecule has 0 saturated heterocycles. The second-order valence-corrected chi connectivity index (χ2v) is 2.28. The minimum absolute atomic E-state index is 0.312. The molecule has 2 aromatic heterocycles. The zero-order valence-corrected chi connectivity index (χ0v) is 5.98. The number of hydrogen-bond acceptors (Lipinski definition) is 4. The molecule has 3 N–H and O–H groups in total. The van der Waals surface area contributed by atoms with Crippen molar-refractivity contribution in [1.82, 2.24) is 20.4 Å². The third-order valence-electron chi connectivity index (χ3n) is 1.48. The highest BCUT2D eigenvalue weighted by Crippen LogP contribution is 2.08. The number of carbonyl (C=O) groups excluding carboxylic acids is 1. The molecule has 12 heavy (non-hydrogen) atoms. The lowest BCUT2D eigenvalue weighted by Gasteiger charge is -1.83. The average molecular weight is 163 g/mol. The lowest BCUT2D eigenvalue weighted by atomic mass is 10.4. The first kappa shape index (κ1) is 6.71. The first-order chi connectivity index (χ1) is 5.77. The number of primary amides is 1. The third-order valence-corrected chi connectivity index (χ3v) is 1.48. The predicted molar refractivity (Wildman–Crippen MR) is 40.2 cm³/mol. The fourth-order valence-corrected chi connectivity index (χ4v) is 0.931. The van der Waals surface area contributed by atoms with Gasteiger partial charge in [-0.15, -0.1) is 10.2 Å². The van der Waals surface area contributed by atoms with Gasteiger partial charge in [0.25, 0.3) is 5.91 Å². The summed E-state index contributed by atoms with van der Waals surface area (Å²) in [6.45, 7) is 0. The van der Waals surface area contributed by atoms with Crippen molar-refractivity contribution in [3.63, 3.8) is 0 Å². The van der Waals surface area contributed by atoms with E-state index < -0.39 is 5.91 Å². The van der Waals surface area contributed by atoms with Gasteiger partial charge in [-0.25, -0.2) is 0 Å². The average Bonchev–Trinajstić information content (AvgIpc) is 2.46. The van der Waals surface area contributed by atoms with E-state index in [1.54, 1.807) is 0 Å². The number of carbonyl (C=O) groups is 1. The van der Waals surface area contributed by atoms with Crippen molar-refractivity contribution in [1.29, 1.82) is 0 Å². The van der Waals surface area contributed by atoms with E-state index in [-0.39, 0.29) is 0 Å². The number of aromatic amines is 1. The molecule has 2 heterocycles. The number of fused-ring (bicyclic) bond motifs is 1. The lowest BCUT2D eigenvalue weighted by Crippen LogP contribution is -2.10. The Kier molecular flexibility index (Phi) is 1.26. The maximum Gasteiger partial charge on any atom is 0.265 e. The molecular formula is C6H5N5O. The topological polar surface area (TPSA) is 97.6 Å². The number of nitrogens with two attached hydrogens (primary N) is 1. The van der Waals surface area contributed by atoms with E-state index >= 15 is 0 Å². The van der Waals surface area contributed by atoms with Crippen LogP contribution in [0.15, 0.2) is 12.3 Å². The summed E-state index contributed by atoms with van der Waals surface area (Å²) in [5.41, 5.74) is 6.59. The quantitative estimate of drug-likeness (QED) is 0.589. The molecule has 0 aliphatic rings. The van der Waals surface area contributed by atoms with Crippen LogP contribution in [0.1, 0.15) is 10.5 Å². The molecule has 6 heteroatoms. The van der Waals surface area contributed by atoms with E-state index in [2.05, 4.69) is 20.4 Å². The Hall–Kier alpha value is -1.98. The molecule has 0 saturated carbocycles. The van der Waals surface area contributed by atoms with Gasteiger partial charge in [-0.2, -0.15) is 0 Å². The molecule has 6 nitrogen and oxygen atoms in total. The van der Waals surface area contributed by atoms with E-state index in [0.717, 1.165) is 0 Å². The summed E-state index contributed by atoms with van der Waals surface area (Å²) < 4.78 is 0. The molecule has 0 spiro atoms. The Morgan fingerprint density at radius 2 is 2.42 bits per heavy atom. The summed E-state index contributed by atoms with van der Waals surface area (Å²) in [4.78, 5) is 13.4. The van der Waals surface area contributed by atoms with Crippen LogP contribution in [0.5, 0.6) is 0 Å². The summed E-state index contributed by atoms with van der Waals surface area (Å²) in [5, 5.41) is 10.6. The largest absolute Gasteiger partial charge is 0.364 e. The fraction of sp³-hybridized carbons (Fsp3) is 0. The molecule has 0 bridgehead atoms. The number of H-pyrrole nitrogens is 1. The number of aromatic nitrogens is 4. The third kappa shape index (κ3) is 0.895. The smallest absolute Gasteiger partial charge is 0.265 e. The van der Waals surface area contributed by atoms with Gasteiger partial charge in [0.15, 0.2) is 0 Å². The van der Waals surface area contributed by atoms with Crippen LogP contribution in [0.4, 0.5) is 0 Å². The Morgan fingerprint density at radius 1 is 1.58 bits per heavy atom. The van der Waals surface area contributed by atoms with Gasteiger partial charge >= 0.3 is 0 Å². The van der Waals surface area contributed by atoms with Gasteiger partial charge in [0.1, 0.15) is 11.2 Å². The molecule has 1 amide bonds. The number of nitrogens with zero attached hydrogens (tertiary/aromatic N) is 3. The van der Waals surface area contributed by atoms with E-state index in [0.29, 0.717) is 16.7 Å². The van der Waals surface area contributed by atoms with E-state index in [1.807, 2.05) is 0 Å². The van der Waals surface area contributed by atoms with Crippen LogP contribution in [0.25, 0.3) is 11.0 Å². The van der Waals surface area contributed by atoms with Crippen LogP contribution in [0.3, 0.4) is 0 Å². The van der Waals surface area contributed by atoms with Crippen LogP contribution < -0.4 is 5.73 Å². The zero-order valence-electron chi connectivity index (χ0n) is 5.98. The highest BCUT2D eigenvalue weighted by molar-refractivity contribution is 5.95. The Bertz CT molecular complexity index is 401. The van der Waals surface area contributed by atoms with Crippen LogP contribution in [0.2, 0.25) is 0 Å². The minimum atomic E-state index is -0.520. The van der Waals surface area contributed by atoms with E-state index in [9.17, 15) is 4.79 Å². The molecule has 0 aliphatic carbocycles. The van der Waals surface area contributed by atoms with Crippen LogP contribution in [0, 0.1) is 0 Å². The van der Waals surface area contributed by atoms with Crippen molar-refractivity contribution in [2.75, 3.05) is 0 Å². The molecule has 0 aromatic carbocycles. The van der Waals surface area contributed by atoms with Crippen molar-refractivity contribution in [2.45, 2.75) is 0 Å². The second kappa shape index (κ2) is 2.26. The van der Waals surface area contributed by atoms with Crippen molar-refractivity contribution >= 4 is 16.9 Å². The SMILES string of the molecule is NC(=O)c1cc2nnncc2[nH]1. The Balaban J connectivity index is 2.70. The molecule has 0 unspecified atom stereocenters. The summed E-state index contributed by atoms with van der Waals surface area (Å²) in [5.74, 6) is -0.520. The van der Waals surface area contributed by atoms with Crippen LogP contribution >= 0.6 is 0 Å². The molecule has 2 rings (SSSR count). The molecule has 0 fully saturated rings. The second-order valence-electron chi connectivity index (χ2n) is 2.28. The van der Waals surface area contributed by atoms with Gasteiger partial charge in [-0.1, -0.05) is 0 Å². The first-order valence-electron chi connectivity index (χ1n) is 3.24. The number of amides is 1. The van der Waals surface area contributed by atoms with E-state index in [1.165, 1.54) is 12.3 Å². The molecule has 0 atom stereocenters. The number of rotatable bonds is 1. The summed E-state index contributed by atoms with van der Waals surface area (Å²) >= 11 is 0. The highest BCUT2D eigenvalue weighted by Gasteiger charge is 2.05. The van der Waals surface area contributed by atoms with Crippen molar-refractivity contribution in [3.05, 3.63) is 18.0 Å². The molecule has 0 radical (unpaired) electrons. The summed E-state index contributed by atoms with van der Waals surface area (Å²) in [6.07, 6.45) is 1.48.